The zero-order valence-corrected chi connectivity index (χ0v) is 18.8. The third kappa shape index (κ3) is 3.46. The number of nitrogens with zero attached hydrogens (tertiary/aromatic N) is 4. The average molecular weight is 425 g/mol. The van der Waals surface area contributed by atoms with Crippen molar-refractivity contribution in [2.45, 2.75) is 76.9 Å². The summed E-state index contributed by atoms with van der Waals surface area (Å²) in [7, 11) is 0. The fourth-order valence-corrected chi connectivity index (χ4v) is 6.62. The summed E-state index contributed by atoms with van der Waals surface area (Å²) < 4.78 is 3.58. The molecule has 0 aliphatic heterocycles. The van der Waals surface area contributed by atoms with Crippen molar-refractivity contribution < 1.29 is 9.59 Å². The summed E-state index contributed by atoms with van der Waals surface area (Å²) in [6.07, 6.45) is 10.5. The Morgan fingerprint density at radius 2 is 1.84 bits per heavy atom. The van der Waals surface area contributed by atoms with Crippen LogP contribution in [-0.4, -0.2) is 43.0 Å². The fourth-order valence-electron chi connectivity index (χ4n) is 6.62. The van der Waals surface area contributed by atoms with Crippen molar-refractivity contribution >= 4 is 11.8 Å². The zero-order valence-electron chi connectivity index (χ0n) is 18.8. The van der Waals surface area contributed by atoms with Crippen molar-refractivity contribution in [3.05, 3.63) is 30.2 Å². The maximum absolute atomic E-state index is 13.5. The normalized spacial score (nSPS) is 31.6. The molecule has 2 heterocycles. The van der Waals surface area contributed by atoms with Crippen molar-refractivity contribution in [2.75, 3.05) is 0 Å². The molecule has 6 rings (SSSR count). The van der Waals surface area contributed by atoms with Gasteiger partial charge in [-0.3, -0.25) is 9.59 Å². The van der Waals surface area contributed by atoms with Gasteiger partial charge in [0.05, 0.1) is 11.7 Å². The Morgan fingerprint density at radius 1 is 1.13 bits per heavy atom. The van der Waals surface area contributed by atoms with E-state index in [1.54, 1.807) is 24.0 Å². The monoisotopic (exact) mass is 424 g/mol. The highest BCUT2D eigenvalue weighted by Gasteiger charge is 2.56. The second-order valence-corrected chi connectivity index (χ2v) is 10.8. The van der Waals surface area contributed by atoms with E-state index in [0.29, 0.717) is 29.1 Å². The van der Waals surface area contributed by atoms with Crippen LogP contribution in [-0.2, 0) is 10.3 Å². The molecule has 2 amide bonds. The molecule has 4 saturated carbocycles. The molecular formula is C23H32N6O2. The van der Waals surface area contributed by atoms with Crippen LogP contribution in [0.4, 0.5) is 0 Å². The van der Waals surface area contributed by atoms with Gasteiger partial charge in [0, 0.05) is 30.9 Å². The Labute approximate surface area is 182 Å². The highest BCUT2D eigenvalue weighted by molar-refractivity contribution is 5.97. The van der Waals surface area contributed by atoms with E-state index in [2.05, 4.69) is 41.6 Å². The molecule has 0 aromatic carbocycles. The van der Waals surface area contributed by atoms with Crippen LogP contribution in [0.2, 0.25) is 0 Å². The molecule has 0 saturated heterocycles. The van der Waals surface area contributed by atoms with Gasteiger partial charge in [-0.25, -0.2) is 9.36 Å². The second kappa shape index (κ2) is 6.93. The van der Waals surface area contributed by atoms with Crippen molar-refractivity contribution in [3.63, 3.8) is 0 Å². The Morgan fingerprint density at radius 3 is 2.42 bits per heavy atom. The topological polar surface area (TPSA) is 93.8 Å². The largest absolute Gasteiger partial charge is 0.351 e. The van der Waals surface area contributed by atoms with E-state index in [4.69, 9.17) is 0 Å². The molecule has 2 aromatic heterocycles. The van der Waals surface area contributed by atoms with Crippen molar-refractivity contribution in [1.29, 1.82) is 0 Å². The van der Waals surface area contributed by atoms with Gasteiger partial charge in [0.25, 0.3) is 5.91 Å². The first kappa shape index (κ1) is 20.3. The van der Waals surface area contributed by atoms with Gasteiger partial charge in [-0.05, 0) is 76.7 Å². The molecular weight excluding hydrogens is 392 g/mol. The van der Waals surface area contributed by atoms with Gasteiger partial charge < -0.3 is 10.6 Å². The van der Waals surface area contributed by atoms with Gasteiger partial charge in [0.1, 0.15) is 5.56 Å². The number of nitrogens with one attached hydrogen (secondary N) is 2. The van der Waals surface area contributed by atoms with Crippen LogP contribution in [0.15, 0.2) is 24.7 Å². The summed E-state index contributed by atoms with van der Waals surface area (Å²) >= 11 is 0. The van der Waals surface area contributed by atoms with E-state index in [-0.39, 0.29) is 28.9 Å². The van der Waals surface area contributed by atoms with E-state index >= 15 is 0 Å². The fraction of sp³-hybridized carbons (Fsp3) is 0.652. The Hall–Kier alpha value is -2.64. The van der Waals surface area contributed by atoms with Gasteiger partial charge in [0.2, 0.25) is 5.91 Å². The summed E-state index contributed by atoms with van der Waals surface area (Å²) in [5.41, 5.74) is 0.192. The predicted octanol–water partition coefficient (Wildman–Crippen LogP) is 2.64. The van der Waals surface area contributed by atoms with Crippen molar-refractivity contribution in [3.8, 4) is 5.82 Å². The highest BCUT2D eigenvalue weighted by atomic mass is 16.2. The van der Waals surface area contributed by atoms with Crippen LogP contribution in [0.3, 0.4) is 0 Å². The number of carbonyl (C=O) groups excluding carboxylic acids is 2. The van der Waals surface area contributed by atoms with E-state index < -0.39 is 0 Å². The molecule has 4 aliphatic carbocycles. The molecule has 0 spiro atoms. The molecule has 4 bridgehead atoms. The molecule has 2 unspecified atom stereocenters. The maximum Gasteiger partial charge on any atom is 0.256 e. The molecule has 2 atom stereocenters. The SMILES string of the molecule is CC(=O)NC12CC3CC(C1)C(NC(=O)c1cnn(C(C)(C)C)c1-n1cccn1)C(C3)C2. The van der Waals surface area contributed by atoms with Crippen molar-refractivity contribution in [2.24, 2.45) is 17.8 Å². The summed E-state index contributed by atoms with van der Waals surface area (Å²) in [5, 5.41) is 15.5. The van der Waals surface area contributed by atoms with E-state index in [9.17, 15) is 9.59 Å². The molecule has 31 heavy (non-hydrogen) atoms. The van der Waals surface area contributed by atoms with Gasteiger partial charge in [0.15, 0.2) is 5.82 Å². The van der Waals surface area contributed by atoms with Crippen LogP contribution in [0.25, 0.3) is 5.82 Å². The molecule has 2 N–H and O–H groups in total. The molecule has 4 aliphatic rings. The van der Waals surface area contributed by atoms with E-state index in [0.717, 1.165) is 32.1 Å². The first-order valence-electron chi connectivity index (χ1n) is 11.3. The first-order valence-corrected chi connectivity index (χ1v) is 11.3. The number of carbonyl (C=O) groups is 2. The quantitative estimate of drug-likeness (QED) is 0.789. The molecule has 166 valence electrons. The van der Waals surface area contributed by atoms with Crippen LogP contribution in [0.1, 0.15) is 70.2 Å². The van der Waals surface area contributed by atoms with Gasteiger partial charge in [-0.15, -0.1) is 0 Å². The summed E-state index contributed by atoms with van der Waals surface area (Å²) in [4.78, 5) is 25.3. The predicted molar refractivity (Wildman–Crippen MR) is 116 cm³/mol. The van der Waals surface area contributed by atoms with Crippen LogP contribution >= 0.6 is 0 Å². The lowest BCUT2D eigenvalue weighted by atomic mass is 9.51. The van der Waals surface area contributed by atoms with Crippen molar-refractivity contribution in [1.82, 2.24) is 30.2 Å². The van der Waals surface area contributed by atoms with Gasteiger partial charge >= 0.3 is 0 Å². The molecule has 0 radical (unpaired) electrons. The number of hydrogen-bond donors (Lipinski definition) is 2. The standard InChI is InChI=1S/C23H32N6O2/c1-14(30)27-23-10-15-8-16(11-23)19(17(9-15)12-23)26-20(31)18-13-25-29(22(2,3)4)21(18)28-7-5-6-24-28/h5-7,13,15-17,19H,8-12H2,1-4H3,(H,26,31)(H,27,30). The molecule has 8 heteroatoms. The summed E-state index contributed by atoms with van der Waals surface area (Å²) in [6, 6.07) is 2.00. The minimum Gasteiger partial charge on any atom is -0.351 e. The smallest absolute Gasteiger partial charge is 0.256 e. The molecule has 2 aromatic rings. The second-order valence-electron chi connectivity index (χ2n) is 10.8. The van der Waals surface area contributed by atoms with Crippen LogP contribution in [0.5, 0.6) is 0 Å². The minimum absolute atomic E-state index is 0.0565. The summed E-state index contributed by atoms with van der Waals surface area (Å²) in [5.74, 6) is 2.13. The Balaban J connectivity index is 1.41. The minimum atomic E-state index is -0.285. The van der Waals surface area contributed by atoms with Gasteiger partial charge in [-0.2, -0.15) is 10.2 Å². The third-order valence-electron chi connectivity index (χ3n) is 7.36. The number of amides is 2. The maximum atomic E-state index is 13.5. The lowest BCUT2D eigenvalue weighted by Gasteiger charge is -2.60. The van der Waals surface area contributed by atoms with Crippen LogP contribution < -0.4 is 10.6 Å². The van der Waals surface area contributed by atoms with Gasteiger partial charge in [-0.1, -0.05) is 0 Å². The van der Waals surface area contributed by atoms with E-state index in [1.165, 1.54) is 0 Å². The first-order chi connectivity index (χ1) is 14.7. The Bertz CT molecular complexity index is 986. The number of rotatable bonds is 4. The molecule has 8 nitrogen and oxygen atoms in total. The number of hydrogen-bond acceptors (Lipinski definition) is 4. The lowest BCUT2D eigenvalue weighted by Crippen LogP contribution is -2.66. The zero-order chi connectivity index (χ0) is 22.0. The summed E-state index contributed by atoms with van der Waals surface area (Å²) in [6.45, 7) is 7.80. The average Bonchev–Trinajstić information content (AvgIpc) is 3.31. The third-order valence-corrected chi connectivity index (χ3v) is 7.36. The highest BCUT2D eigenvalue weighted by Crippen LogP contribution is 2.55. The van der Waals surface area contributed by atoms with E-state index in [1.807, 2.05) is 16.9 Å². The number of aromatic nitrogens is 4. The molecule has 4 fully saturated rings. The van der Waals surface area contributed by atoms with Crippen LogP contribution in [0, 0.1) is 17.8 Å². The Kier molecular flexibility index (Phi) is 4.53. The lowest BCUT2D eigenvalue weighted by molar-refractivity contribution is -0.125.